The van der Waals surface area contributed by atoms with E-state index in [9.17, 15) is 0 Å². The van der Waals surface area contributed by atoms with Crippen molar-refractivity contribution >= 4 is 23.2 Å². The third-order valence-electron chi connectivity index (χ3n) is 9.71. The number of benzene rings is 3. The zero-order valence-electron chi connectivity index (χ0n) is 28.2. The third kappa shape index (κ3) is 14.9. The second-order valence-electron chi connectivity index (χ2n) is 13.2. The summed E-state index contributed by atoms with van der Waals surface area (Å²) in [5.41, 5.74) is 0. The fourth-order valence-electron chi connectivity index (χ4n) is 7.10. The van der Waals surface area contributed by atoms with Crippen molar-refractivity contribution in [2.45, 2.75) is 148 Å². The van der Waals surface area contributed by atoms with Crippen molar-refractivity contribution in [2.24, 2.45) is 0 Å². The van der Waals surface area contributed by atoms with Gasteiger partial charge in [0.05, 0.1) is 0 Å². The van der Waals surface area contributed by atoms with Crippen molar-refractivity contribution in [3.05, 3.63) is 91.0 Å². The molecular weight excluding hydrogens is 642 g/mol. The molecule has 0 fully saturated rings. The summed E-state index contributed by atoms with van der Waals surface area (Å²) in [4.78, 5) is 0. The average molecular weight is 707 g/mol. The van der Waals surface area contributed by atoms with Crippen LogP contribution in [0, 0.1) is 0 Å². The minimum absolute atomic E-state index is 0. The molecule has 0 aliphatic carbocycles. The summed E-state index contributed by atoms with van der Waals surface area (Å²) in [6.07, 6.45) is 33.0. The van der Waals surface area contributed by atoms with Gasteiger partial charge in [-0.2, -0.15) is 0 Å². The van der Waals surface area contributed by atoms with Crippen molar-refractivity contribution < 1.29 is 20.4 Å². The van der Waals surface area contributed by atoms with E-state index in [0.29, 0.717) is 0 Å². The van der Waals surface area contributed by atoms with Gasteiger partial charge in [0.25, 0.3) is 0 Å². The summed E-state index contributed by atoms with van der Waals surface area (Å²) in [5, 5.41) is 4.66. The van der Waals surface area contributed by atoms with Crippen LogP contribution < -0.4 is 15.9 Å². The van der Waals surface area contributed by atoms with Gasteiger partial charge in [-0.15, -0.1) is 0 Å². The number of hydrogen-bond donors (Lipinski definition) is 0. The molecule has 0 aliphatic heterocycles. The molecule has 3 rings (SSSR count). The van der Waals surface area contributed by atoms with E-state index in [2.05, 4.69) is 97.9 Å². The Balaban J connectivity index is 0.00000675. The maximum Gasteiger partial charge on any atom is 0 e. The zero-order chi connectivity index (χ0) is 30.1. The van der Waals surface area contributed by atoms with Crippen molar-refractivity contribution in [2.75, 3.05) is 6.16 Å². The van der Waals surface area contributed by atoms with Crippen LogP contribution in [0.5, 0.6) is 0 Å². The Morgan fingerprint density at radius 1 is 0.318 bits per heavy atom. The van der Waals surface area contributed by atoms with Crippen molar-refractivity contribution in [3.8, 4) is 0 Å². The Hall–Kier alpha value is -1.25. The second kappa shape index (κ2) is 25.9. The fourth-order valence-corrected chi connectivity index (χ4v) is 12.0. The predicted molar refractivity (Wildman–Crippen MR) is 199 cm³/mol. The summed E-state index contributed by atoms with van der Waals surface area (Å²) in [7, 11) is -2.04. The summed E-state index contributed by atoms with van der Waals surface area (Å²) < 4.78 is 0. The quantitative estimate of drug-likeness (QED) is 0.0443. The number of hydrogen-bond acceptors (Lipinski definition) is 0. The van der Waals surface area contributed by atoms with Gasteiger partial charge in [0.15, 0.2) is 0 Å². The van der Waals surface area contributed by atoms with Crippen LogP contribution in [0.25, 0.3) is 0 Å². The van der Waals surface area contributed by atoms with Gasteiger partial charge in [-0.25, -0.2) is 0 Å². The van der Waals surface area contributed by atoms with Gasteiger partial charge in [-0.05, 0) is 0 Å². The van der Waals surface area contributed by atoms with Crippen LogP contribution in [0.2, 0.25) is 0 Å². The Kier molecular flexibility index (Phi) is 22.9. The summed E-state index contributed by atoms with van der Waals surface area (Å²) >= 11 is 0. The molecule has 0 radical (unpaired) electrons. The van der Waals surface area contributed by atoms with Gasteiger partial charge in [0, 0.05) is 20.4 Å². The number of unbranched alkanes of at least 4 members (excludes halogenated alkanes) is 21. The van der Waals surface area contributed by atoms with Crippen molar-refractivity contribution in [1.29, 1.82) is 0 Å². The molecule has 0 unspecified atom stereocenters. The smallest absolute Gasteiger partial charge is 0 e. The van der Waals surface area contributed by atoms with E-state index in [1.54, 1.807) is 15.9 Å². The van der Waals surface area contributed by atoms with Crippen LogP contribution in [0.3, 0.4) is 0 Å². The normalized spacial score (nSPS) is 11.8. The van der Waals surface area contributed by atoms with E-state index < -0.39 is 7.26 Å². The molecule has 0 nitrogen and oxygen atoms in total. The van der Waals surface area contributed by atoms with Crippen LogP contribution in [0.4, 0.5) is 0 Å². The van der Waals surface area contributed by atoms with E-state index >= 15 is 0 Å². The summed E-state index contributed by atoms with van der Waals surface area (Å²) in [5.74, 6) is 0. The Labute approximate surface area is 287 Å². The molecule has 0 N–H and O–H groups in total. The molecule has 0 atom stereocenters. The molecule has 0 saturated heterocycles. The Bertz CT molecular complexity index is 923. The minimum atomic E-state index is -2.04. The van der Waals surface area contributed by atoms with Gasteiger partial charge >= 0.3 is 191 Å². The maximum atomic E-state index is 2.39. The summed E-state index contributed by atoms with van der Waals surface area (Å²) in [6.45, 7) is 2.31. The molecule has 44 heavy (non-hydrogen) atoms. The van der Waals surface area contributed by atoms with E-state index in [-0.39, 0.29) is 20.4 Å². The zero-order valence-corrected chi connectivity index (χ0v) is 30.8. The first kappa shape index (κ1) is 38.9. The molecule has 0 aromatic heterocycles. The molecule has 0 bridgehead atoms. The van der Waals surface area contributed by atoms with Gasteiger partial charge in [-0.1, -0.05) is 77.6 Å². The van der Waals surface area contributed by atoms with Crippen LogP contribution >= 0.6 is 7.26 Å². The standard InChI is InChI=1S/C42H65P.Pd/c1-2-3-4-5-6-7-8-9-10-11-12-13-14-15-16-17-18-19-20-21-22-32-39-43(40-33-26-23-27-34-40,41-35-28-24-29-36-41)42-37-30-25-31-38-42;/h23-31,33-38,43H,2-22,32,39H2,1H3;. The molecule has 2 heteroatoms. The first-order chi connectivity index (χ1) is 21.4. The fraction of sp³-hybridized carbons (Fsp3) is 0.571. The van der Waals surface area contributed by atoms with Crippen LogP contribution in [-0.4, -0.2) is 6.16 Å². The Morgan fingerprint density at radius 3 is 0.795 bits per heavy atom. The van der Waals surface area contributed by atoms with E-state index in [1.807, 2.05) is 0 Å². The summed E-state index contributed by atoms with van der Waals surface area (Å²) in [6, 6.07) is 34.3. The van der Waals surface area contributed by atoms with Gasteiger partial charge in [-0.3, -0.25) is 0 Å². The van der Waals surface area contributed by atoms with Gasteiger partial charge in [0.1, 0.15) is 0 Å². The Morgan fingerprint density at radius 2 is 0.545 bits per heavy atom. The molecule has 0 aliphatic rings. The average Bonchev–Trinajstić information content (AvgIpc) is 3.06. The topological polar surface area (TPSA) is 0 Å². The van der Waals surface area contributed by atoms with Gasteiger partial charge in [0.2, 0.25) is 0 Å². The monoisotopic (exact) mass is 706 g/mol. The molecule has 3 aromatic carbocycles. The first-order valence-corrected chi connectivity index (χ1v) is 20.7. The largest absolute Gasteiger partial charge is 0 e. The molecule has 0 amide bonds. The number of rotatable bonds is 26. The van der Waals surface area contributed by atoms with E-state index in [0.717, 1.165) is 0 Å². The predicted octanol–water partition coefficient (Wildman–Crippen LogP) is 12.3. The second-order valence-corrected chi connectivity index (χ2v) is 17.2. The third-order valence-corrected chi connectivity index (χ3v) is 14.8. The van der Waals surface area contributed by atoms with Gasteiger partial charge < -0.3 is 0 Å². The van der Waals surface area contributed by atoms with Crippen molar-refractivity contribution in [1.82, 2.24) is 0 Å². The van der Waals surface area contributed by atoms with Crippen LogP contribution in [-0.2, 0) is 20.4 Å². The molecule has 0 spiro atoms. The SMILES string of the molecule is CCCCCCCCCCCCCCCCCCCCCCCC[PH](c1ccccc1)(c1ccccc1)c1ccccc1.[Pd]. The van der Waals surface area contributed by atoms with Crippen LogP contribution in [0.15, 0.2) is 91.0 Å². The molecule has 0 saturated carbocycles. The molecule has 248 valence electrons. The molecule has 3 aromatic rings. The first-order valence-electron chi connectivity index (χ1n) is 18.5. The van der Waals surface area contributed by atoms with E-state index in [1.165, 1.54) is 147 Å². The van der Waals surface area contributed by atoms with Crippen LogP contribution in [0.1, 0.15) is 148 Å². The molecule has 0 heterocycles. The minimum Gasteiger partial charge on any atom is 0 e. The van der Waals surface area contributed by atoms with Crippen molar-refractivity contribution in [3.63, 3.8) is 0 Å². The van der Waals surface area contributed by atoms with E-state index in [4.69, 9.17) is 0 Å². The maximum absolute atomic E-state index is 2.39. The molecular formula is C42H65PPd.